The third kappa shape index (κ3) is 6.33. The lowest BCUT2D eigenvalue weighted by Gasteiger charge is -2.32. The molecule has 3 heterocycles. The van der Waals surface area contributed by atoms with Crippen molar-refractivity contribution in [3.05, 3.63) is 76.8 Å². The Bertz CT molecular complexity index is 1520. The maximum atomic E-state index is 12.9. The molecule has 6 heteroatoms. The standard InChI is InChI=1S/C35H42ClN3O2/c1-3-39-33-14-12-25(21-31(33)32-23-27(36)13-15-34(32)39)24-38-19-16-29(17-20-38)41-30-10-4-7-26(22-30)35(40)11-5-8-28-9-6-18-37(28)2/h4,7,10,12-15,21-23,28-29H,3,5-6,8-9,11,16-20,24H2,1-2H3. The summed E-state index contributed by atoms with van der Waals surface area (Å²) in [5, 5.41) is 3.29. The number of carbonyl (C=O) groups is 1. The van der Waals surface area contributed by atoms with Gasteiger partial charge in [-0.1, -0.05) is 29.8 Å². The van der Waals surface area contributed by atoms with E-state index < -0.39 is 0 Å². The number of piperidine rings is 1. The molecule has 216 valence electrons. The molecule has 1 atom stereocenters. The van der Waals surface area contributed by atoms with E-state index in [0.717, 1.165) is 68.2 Å². The summed E-state index contributed by atoms with van der Waals surface area (Å²) in [6.07, 6.45) is 7.39. The van der Waals surface area contributed by atoms with Gasteiger partial charge in [0.25, 0.3) is 0 Å². The topological polar surface area (TPSA) is 37.7 Å². The number of ether oxygens (including phenoxy) is 1. The van der Waals surface area contributed by atoms with Crippen molar-refractivity contribution < 1.29 is 9.53 Å². The summed E-state index contributed by atoms with van der Waals surface area (Å²) in [7, 11) is 2.20. The second kappa shape index (κ2) is 12.6. The van der Waals surface area contributed by atoms with Gasteiger partial charge in [-0.15, -0.1) is 0 Å². The molecule has 2 saturated heterocycles. The highest BCUT2D eigenvalue weighted by Crippen LogP contribution is 2.32. The van der Waals surface area contributed by atoms with E-state index in [2.05, 4.69) is 58.7 Å². The summed E-state index contributed by atoms with van der Waals surface area (Å²) < 4.78 is 8.74. The fraction of sp³-hybridized carbons (Fsp3) is 0.457. The number of rotatable bonds is 10. The largest absolute Gasteiger partial charge is 0.490 e. The molecule has 3 aromatic carbocycles. The van der Waals surface area contributed by atoms with E-state index in [1.54, 1.807) is 0 Å². The number of halogens is 1. The first-order valence-electron chi connectivity index (χ1n) is 15.4. The smallest absolute Gasteiger partial charge is 0.163 e. The van der Waals surface area contributed by atoms with Crippen molar-refractivity contribution >= 4 is 39.2 Å². The van der Waals surface area contributed by atoms with E-state index in [9.17, 15) is 4.79 Å². The highest BCUT2D eigenvalue weighted by molar-refractivity contribution is 6.31. The van der Waals surface area contributed by atoms with E-state index in [0.29, 0.717) is 12.5 Å². The van der Waals surface area contributed by atoms with Gasteiger partial charge in [-0.2, -0.15) is 0 Å². The van der Waals surface area contributed by atoms with Crippen LogP contribution in [0.5, 0.6) is 5.75 Å². The number of aromatic nitrogens is 1. The number of ketones is 1. The molecule has 0 amide bonds. The fourth-order valence-electron chi connectivity index (χ4n) is 6.93. The van der Waals surface area contributed by atoms with Gasteiger partial charge in [-0.3, -0.25) is 9.69 Å². The lowest BCUT2D eigenvalue weighted by atomic mass is 10.0. The SMILES string of the molecule is CCn1c2ccc(Cl)cc2c2cc(CN3CCC(Oc4cccc(C(=O)CCCC5CCCN5C)c4)CC3)ccc21. The molecule has 0 spiro atoms. The monoisotopic (exact) mass is 571 g/mol. The molecular weight excluding hydrogens is 530 g/mol. The van der Waals surface area contributed by atoms with Crippen LogP contribution in [0.25, 0.3) is 21.8 Å². The summed E-state index contributed by atoms with van der Waals surface area (Å²) >= 11 is 6.36. The van der Waals surface area contributed by atoms with Crippen molar-refractivity contribution in [1.29, 1.82) is 0 Å². The molecule has 6 rings (SSSR count). The number of benzene rings is 3. The molecule has 2 fully saturated rings. The van der Waals surface area contributed by atoms with Crippen molar-refractivity contribution in [2.45, 2.75) is 77.1 Å². The third-order valence-electron chi connectivity index (χ3n) is 9.22. The van der Waals surface area contributed by atoms with E-state index in [4.69, 9.17) is 16.3 Å². The molecule has 0 bridgehead atoms. The Balaban J connectivity index is 1.02. The zero-order valence-electron chi connectivity index (χ0n) is 24.4. The van der Waals surface area contributed by atoms with E-state index in [1.165, 1.54) is 46.8 Å². The van der Waals surface area contributed by atoms with Crippen molar-refractivity contribution in [2.24, 2.45) is 0 Å². The summed E-state index contributed by atoms with van der Waals surface area (Å²) in [6.45, 7) is 7.25. The van der Waals surface area contributed by atoms with Gasteiger partial charge in [0, 0.05) is 71.0 Å². The van der Waals surface area contributed by atoms with Gasteiger partial charge >= 0.3 is 0 Å². The molecule has 2 aliphatic rings. The summed E-state index contributed by atoms with van der Waals surface area (Å²) in [6, 6.07) is 21.6. The minimum Gasteiger partial charge on any atom is -0.490 e. The highest BCUT2D eigenvalue weighted by Gasteiger charge is 2.23. The molecule has 0 radical (unpaired) electrons. The summed E-state index contributed by atoms with van der Waals surface area (Å²) in [4.78, 5) is 17.8. The van der Waals surface area contributed by atoms with Crippen LogP contribution in [0.15, 0.2) is 60.7 Å². The molecule has 4 aromatic rings. The Kier molecular flexibility index (Phi) is 8.66. The second-order valence-electron chi connectivity index (χ2n) is 12.0. The fourth-order valence-corrected chi connectivity index (χ4v) is 7.10. The Morgan fingerprint density at radius 1 is 0.951 bits per heavy atom. The van der Waals surface area contributed by atoms with Crippen molar-refractivity contribution in [2.75, 3.05) is 26.7 Å². The molecule has 1 aromatic heterocycles. The lowest BCUT2D eigenvalue weighted by molar-refractivity contribution is 0.0949. The Morgan fingerprint density at radius 2 is 1.73 bits per heavy atom. The van der Waals surface area contributed by atoms with Gasteiger partial charge in [0.2, 0.25) is 0 Å². The zero-order chi connectivity index (χ0) is 28.3. The van der Waals surface area contributed by atoms with Gasteiger partial charge in [0.05, 0.1) is 0 Å². The van der Waals surface area contributed by atoms with Crippen LogP contribution >= 0.6 is 11.6 Å². The van der Waals surface area contributed by atoms with Gasteiger partial charge in [-0.25, -0.2) is 0 Å². The third-order valence-corrected chi connectivity index (χ3v) is 9.45. The molecule has 5 nitrogen and oxygen atoms in total. The molecule has 0 N–H and O–H groups in total. The predicted octanol–water partition coefficient (Wildman–Crippen LogP) is 7.96. The van der Waals surface area contributed by atoms with Crippen molar-refractivity contribution in [3.63, 3.8) is 0 Å². The van der Waals surface area contributed by atoms with Crippen molar-refractivity contribution in [1.82, 2.24) is 14.4 Å². The van der Waals surface area contributed by atoms with Crippen LogP contribution < -0.4 is 4.74 Å². The maximum absolute atomic E-state index is 12.9. The van der Waals surface area contributed by atoms with Crippen LogP contribution in [0, 0.1) is 0 Å². The van der Waals surface area contributed by atoms with Gasteiger partial charge < -0.3 is 14.2 Å². The van der Waals surface area contributed by atoms with Gasteiger partial charge in [0.15, 0.2) is 5.78 Å². The molecular formula is C35H42ClN3O2. The number of likely N-dealkylation sites (tertiary alicyclic amines) is 2. The zero-order valence-corrected chi connectivity index (χ0v) is 25.2. The van der Waals surface area contributed by atoms with Crippen LogP contribution in [-0.4, -0.2) is 59.0 Å². The molecule has 2 aliphatic heterocycles. The number of carbonyl (C=O) groups excluding carboxylic acids is 1. The predicted molar refractivity (Wildman–Crippen MR) is 169 cm³/mol. The van der Waals surface area contributed by atoms with Gasteiger partial charge in [0.1, 0.15) is 11.9 Å². The van der Waals surface area contributed by atoms with Gasteiger partial charge in [-0.05, 0) is 107 Å². The minimum absolute atomic E-state index is 0.182. The van der Waals surface area contributed by atoms with E-state index in [-0.39, 0.29) is 11.9 Å². The Morgan fingerprint density at radius 3 is 2.49 bits per heavy atom. The number of hydrogen-bond acceptors (Lipinski definition) is 4. The van der Waals surface area contributed by atoms with E-state index in [1.807, 2.05) is 30.3 Å². The maximum Gasteiger partial charge on any atom is 0.163 e. The van der Waals surface area contributed by atoms with E-state index >= 15 is 0 Å². The Hall–Kier alpha value is -2.86. The number of fused-ring (bicyclic) bond motifs is 3. The van der Waals surface area contributed by atoms with Crippen LogP contribution in [0.1, 0.15) is 67.8 Å². The van der Waals surface area contributed by atoms with Crippen LogP contribution in [-0.2, 0) is 13.1 Å². The normalized spacial score (nSPS) is 19.0. The summed E-state index contributed by atoms with van der Waals surface area (Å²) in [5.41, 5.74) is 4.62. The summed E-state index contributed by atoms with van der Waals surface area (Å²) in [5.74, 6) is 1.05. The van der Waals surface area contributed by atoms with Crippen LogP contribution in [0.3, 0.4) is 0 Å². The molecule has 41 heavy (non-hydrogen) atoms. The lowest BCUT2D eigenvalue weighted by Crippen LogP contribution is -2.37. The molecule has 0 saturated carbocycles. The molecule has 1 unspecified atom stereocenters. The number of nitrogens with zero attached hydrogens (tertiary/aromatic N) is 3. The van der Waals surface area contributed by atoms with Crippen LogP contribution in [0.4, 0.5) is 0 Å². The average Bonchev–Trinajstić information content (AvgIpc) is 3.53. The second-order valence-corrected chi connectivity index (χ2v) is 12.4. The first-order chi connectivity index (χ1) is 20.0. The average molecular weight is 572 g/mol. The highest BCUT2D eigenvalue weighted by atomic mass is 35.5. The Labute approximate surface area is 249 Å². The number of hydrogen-bond donors (Lipinski definition) is 0. The minimum atomic E-state index is 0.182. The number of Topliss-reactive ketones (excluding diaryl/α,β-unsaturated/α-hetero) is 1. The molecule has 0 aliphatic carbocycles. The quantitative estimate of drug-likeness (QED) is 0.181. The first kappa shape index (κ1) is 28.3. The number of aryl methyl sites for hydroxylation is 1. The van der Waals surface area contributed by atoms with Crippen molar-refractivity contribution in [3.8, 4) is 5.75 Å². The van der Waals surface area contributed by atoms with Crippen LogP contribution in [0.2, 0.25) is 5.02 Å². The first-order valence-corrected chi connectivity index (χ1v) is 15.8.